The van der Waals surface area contributed by atoms with Crippen LogP contribution in [0.2, 0.25) is 0 Å². The van der Waals surface area contributed by atoms with Gasteiger partial charge in [0.15, 0.2) is 0 Å². The number of nitrogens with two attached hydrogens (primary N) is 1. The fourth-order valence-electron chi connectivity index (χ4n) is 0.400. The van der Waals surface area contributed by atoms with Gasteiger partial charge in [-0.25, -0.2) is 0 Å². The van der Waals surface area contributed by atoms with E-state index < -0.39 is 11.2 Å². The topological polar surface area (TPSA) is 79.8 Å². The lowest BCUT2D eigenvalue weighted by Gasteiger charge is -1.98. The molecule has 1 atom stereocenters. The second-order valence-electron chi connectivity index (χ2n) is 1.41. The molecule has 0 saturated heterocycles. The van der Waals surface area contributed by atoms with E-state index in [2.05, 4.69) is 16.5 Å². The smallest absolute Gasteiger partial charge is 0.362 e. The third-order valence-electron chi connectivity index (χ3n) is 0.751. The highest BCUT2D eigenvalue weighted by atomic mass is 32.2. The number of rotatable bonds is 1. The average Bonchev–Trinajstić information content (AvgIpc) is 2.13. The number of nitrogen functional groups attached to an aromatic ring is 1. The molecule has 9 heavy (non-hydrogen) atoms. The van der Waals surface area contributed by atoms with Gasteiger partial charge in [0.2, 0.25) is 6.33 Å². The average molecular weight is 145 g/mol. The fraction of sp³-hybridized carbons (Fsp3) is 0.333. The van der Waals surface area contributed by atoms with Crippen LogP contribution in [-0.4, -0.2) is 25.7 Å². The van der Waals surface area contributed by atoms with Crippen molar-refractivity contribution >= 4 is 11.2 Å². The maximum Gasteiger partial charge on any atom is 0.362 e. The van der Waals surface area contributed by atoms with Gasteiger partial charge in [-0.1, -0.05) is 5.10 Å². The molecule has 0 saturated carbocycles. The van der Waals surface area contributed by atoms with Crippen LogP contribution in [0.15, 0.2) is 5.16 Å². The Morgan fingerprint density at radius 1 is 1.89 bits per heavy atom. The summed E-state index contributed by atoms with van der Waals surface area (Å²) in [5.41, 5.74) is 0. The first-order chi connectivity index (χ1) is 4.22. The predicted octanol–water partition coefficient (Wildman–Crippen LogP) is -1.47. The first-order valence-corrected chi connectivity index (χ1v) is 3.69. The van der Waals surface area contributed by atoms with Crippen molar-refractivity contribution in [2.24, 2.45) is 0 Å². The molecule has 0 bridgehead atoms. The van der Waals surface area contributed by atoms with Gasteiger partial charge in [0.05, 0.1) is 0 Å². The van der Waals surface area contributed by atoms with Gasteiger partial charge in [-0.2, -0.15) is 4.68 Å². The summed E-state index contributed by atoms with van der Waals surface area (Å²) < 4.78 is 11.6. The summed E-state index contributed by atoms with van der Waals surface area (Å²) in [5.74, 6) is 5.18. The molecule has 0 spiro atoms. The predicted molar refractivity (Wildman–Crippen MR) is 31.3 cm³/mol. The van der Waals surface area contributed by atoms with E-state index in [9.17, 15) is 4.55 Å². The van der Waals surface area contributed by atoms with Gasteiger partial charge >= 0.3 is 5.16 Å². The minimum absolute atomic E-state index is 0.231. The molecular weight excluding hydrogens is 140 g/mol. The van der Waals surface area contributed by atoms with Crippen molar-refractivity contribution in [3.63, 3.8) is 0 Å². The summed E-state index contributed by atoms with van der Waals surface area (Å²) in [5, 5.41) is 6.99. The Hall–Kier alpha value is -0.750. The third-order valence-corrected chi connectivity index (χ3v) is 1.54. The van der Waals surface area contributed by atoms with Crippen LogP contribution in [-0.2, 0) is 11.2 Å². The van der Waals surface area contributed by atoms with Gasteiger partial charge in [-0.15, -0.1) is 5.10 Å². The summed E-state index contributed by atoms with van der Waals surface area (Å²) >= 11 is -1.18. The molecule has 2 N–H and O–H groups in total. The molecule has 1 unspecified atom stereocenters. The molecule has 49 valence electrons. The van der Waals surface area contributed by atoms with Crippen molar-refractivity contribution < 1.29 is 4.55 Å². The Balaban J connectivity index is 2.94. The summed E-state index contributed by atoms with van der Waals surface area (Å²) in [4.78, 5) is 0. The van der Waals surface area contributed by atoms with Gasteiger partial charge in [0.1, 0.15) is 6.26 Å². The molecule has 1 heterocycles. The van der Waals surface area contributed by atoms with E-state index in [1.165, 1.54) is 6.26 Å². The van der Waals surface area contributed by atoms with Gasteiger partial charge in [-0.3, -0.25) is 0 Å². The van der Waals surface area contributed by atoms with E-state index >= 15 is 0 Å². The SMILES string of the molecule is C[S+]([O-])c1nn[c]n1N. The summed E-state index contributed by atoms with van der Waals surface area (Å²) in [6.45, 7) is 0. The number of nitrogens with zero attached hydrogens (tertiary/aromatic N) is 3. The van der Waals surface area contributed by atoms with Gasteiger partial charge in [0.25, 0.3) is 0 Å². The van der Waals surface area contributed by atoms with E-state index in [1.807, 2.05) is 0 Å². The summed E-state index contributed by atoms with van der Waals surface area (Å²) in [6.07, 6.45) is 3.76. The molecule has 0 aliphatic carbocycles. The summed E-state index contributed by atoms with van der Waals surface area (Å²) in [7, 11) is 0. The minimum atomic E-state index is -1.18. The van der Waals surface area contributed by atoms with E-state index in [-0.39, 0.29) is 5.16 Å². The highest BCUT2D eigenvalue weighted by Crippen LogP contribution is 1.97. The Labute approximate surface area is 55.0 Å². The van der Waals surface area contributed by atoms with Crippen LogP contribution in [0.4, 0.5) is 0 Å². The molecule has 0 fully saturated rings. The number of hydrogen-bond acceptors (Lipinski definition) is 4. The van der Waals surface area contributed by atoms with E-state index in [4.69, 9.17) is 5.84 Å². The third kappa shape index (κ3) is 1.14. The molecule has 1 radical (unpaired) electrons. The maximum absolute atomic E-state index is 10.6. The lowest BCUT2D eigenvalue weighted by atomic mass is 11.2. The van der Waals surface area contributed by atoms with Crippen molar-refractivity contribution in [1.82, 2.24) is 14.9 Å². The normalized spacial score (nSPS) is 13.6. The molecule has 0 aliphatic rings. The van der Waals surface area contributed by atoms with Crippen molar-refractivity contribution in [3.05, 3.63) is 6.33 Å². The zero-order valence-corrected chi connectivity index (χ0v) is 5.55. The first-order valence-electron chi connectivity index (χ1n) is 2.13. The fourth-order valence-corrected chi connectivity index (χ4v) is 0.874. The van der Waals surface area contributed by atoms with Crippen LogP contribution in [0.25, 0.3) is 0 Å². The van der Waals surface area contributed by atoms with Crippen LogP contribution >= 0.6 is 0 Å². The molecule has 1 aromatic heterocycles. The minimum Gasteiger partial charge on any atom is -0.609 e. The summed E-state index contributed by atoms with van der Waals surface area (Å²) in [6, 6.07) is 0. The molecule has 1 aromatic rings. The molecule has 0 aromatic carbocycles. The second-order valence-corrected chi connectivity index (χ2v) is 2.68. The Morgan fingerprint density at radius 2 is 2.56 bits per heavy atom. The van der Waals surface area contributed by atoms with Crippen molar-refractivity contribution in [1.29, 1.82) is 0 Å². The molecular formula is C3H5N4OS. The van der Waals surface area contributed by atoms with Crippen molar-refractivity contribution in [2.45, 2.75) is 5.16 Å². The molecule has 0 aliphatic heterocycles. The Morgan fingerprint density at radius 3 is 2.78 bits per heavy atom. The van der Waals surface area contributed by atoms with Crippen LogP contribution in [0.3, 0.4) is 0 Å². The number of hydrogen-bond donors (Lipinski definition) is 1. The van der Waals surface area contributed by atoms with Crippen LogP contribution < -0.4 is 5.84 Å². The molecule has 0 amide bonds. The highest BCUT2D eigenvalue weighted by molar-refractivity contribution is 7.90. The molecule has 6 heteroatoms. The monoisotopic (exact) mass is 145 g/mol. The van der Waals surface area contributed by atoms with Crippen LogP contribution in [0.5, 0.6) is 0 Å². The molecule has 1 rings (SSSR count). The van der Waals surface area contributed by atoms with Crippen molar-refractivity contribution in [2.75, 3.05) is 12.1 Å². The number of aromatic nitrogens is 3. The van der Waals surface area contributed by atoms with E-state index in [1.54, 1.807) is 0 Å². The van der Waals surface area contributed by atoms with Crippen LogP contribution in [0, 0.1) is 6.33 Å². The Bertz CT molecular complexity index is 197. The quantitative estimate of drug-likeness (QED) is 0.386. The van der Waals surface area contributed by atoms with Gasteiger partial charge in [0, 0.05) is 11.2 Å². The lowest BCUT2D eigenvalue weighted by molar-refractivity contribution is 0.586. The molecule has 5 nitrogen and oxygen atoms in total. The second kappa shape index (κ2) is 2.24. The lowest BCUT2D eigenvalue weighted by Crippen LogP contribution is -2.15. The Kier molecular flexibility index (Phi) is 1.58. The van der Waals surface area contributed by atoms with Crippen molar-refractivity contribution in [3.8, 4) is 0 Å². The van der Waals surface area contributed by atoms with Crippen LogP contribution in [0.1, 0.15) is 0 Å². The zero-order valence-electron chi connectivity index (χ0n) is 4.74. The first kappa shape index (κ1) is 6.37. The largest absolute Gasteiger partial charge is 0.609 e. The van der Waals surface area contributed by atoms with Gasteiger partial charge in [-0.05, 0) is 0 Å². The standard InChI is InChI=1S/C3H5N4OS/c1-9(8)3-6-5-2-7(3)4/h4H2,1H3. The van der Waals surface area contributed by atoms with Gasteiger partial charge < -0.3 is 10.4 Å². The van der Waals surface area contributed by atoms with E-state index in [0.717, 1.165) is 4.68 Å². The maximum atomic E-state index is 10.6. The zero-order chi connectivity index (χ0) is 6.85. The highest BCUT2D eigenvalue weighted by Gasteiger charge is 2.11. The van der Waals surface area contributed by atoms with E-state index in [0.29, 0.717) is 0 Å².